The number of carbonyl (C=O) groups excluding carboxylic acids is 1. The van der Waals surface area contributed by atoms with E-state index in [0.717, 1.165) is 0 Å². The molecule has 4 nitrogen and oxygen atoms in total. The van der Waals surface area contributed by atoms with E-state index >= 15 is 0 Å². The van der Waals surface area contributed by atoms with Crippen molar-refractivity contribution in [2.24, 2.45) is 10.7 Å². The molecule has 0 rings (SSSR count). The van der Waals surface area contributed by atoms with Gasteiger partial charge in [-0.3, -0.25) is 14.7 Å². The molecule has 0 radical (unpaired) electrons. The minimum atomic E-state index is -0.139. The van der Waals surface area contributed by atoms with Gasteiger partial charge in [0.1, 0.15) is 0 Å². The van der Waals surface area contributed by atoms with Crippen LogP contribution < -0.4 is 5.73 Å². The average molecular weight is 201 g/mol. The van der Waals surface area contributed by atoms with Gasteiger partial charge in [-0.15, -0.1) is 0 Å². The molecule has 0 aromatic rings. The lowest BCUT2D eigenvalue weighted by atomic mass is 10.5. The van der Waals surface area contributed by atoms with Crippen molar-refractivity contribution in [1.82, 2.24) is 4.90 Å². The molecule has 0 saturated heterocycles. The molecule has 0 atom stereocenters. The summed E-state index contributed by atoms with van der Waals surface area (Å²) >= 11 is 1.44. The number of nitrogens with two attached hydrogens (primary N) is 1. The molecule has 0 unspecified atom stereocenters. The molecule has 0 aliphatic heterocycles. The Morgan fingerprint density at radius 2 is 2.31 bits per heavy atom. The molecule has 0 bridgehead atoms. The number of aliphatic imine (C=N–C) groups is 1. The molecule has 0 aromatic heterocycles. The molecule has 74 valence electrons. The lowest BCUT2D eigenvalue weighted by molar-refractivity contribution is -0.122. The van der Waals surface area contributed by atoms with E-state index in [1.165, 1.54) is 24.0 Å². The zero-order valence-corrected chi connectivity index (χ0v) is 8.97. The summed E-state index contributed by atoms with van der Waals surface area (Å²) in [4.78, 5) is 17.0. The van der Waals surface area contributed by atoms with Crippen molar-refractivity contribution in [3.05, 3.63) is 12.3 Å². The van der Waals surface area contributed by atoms with Crippen molar-refractivity contribution < 1.29 is 4.79 Å². The Balaban J connectivity index is 4.58. The number of amidine groups is 1. The second kappa shape index (κ2) is 6.54. The van der Waals surface area contributed by atoms with Gasteiger partial charge in [-0.1, -0.05) is 11.8 Å². The van der Waals surface area contributed by atoms with E-state index < -0.39 is 0 Å². The number of amides is 1. The summed E-state index contributed by atoms with van der Waals surface area (Å²) in [5, 5.41) is 0.700. The van der Waals surface area contributed by atoms with Crippen molar-refractivity contribution in [3.8, 4) is 0 Å². The normalized spacial score (nSPS) is 12.1. The highest BCUT2D eigenvalue weighted by molar-refractivity contribution is 8.13. The van der Waals surface area contributed by atoms with Crippen LogP contribution in [0.2, 0.25) is 0 Å². The first kappa shape index (κ1) is 12.0. The van der Waals surface area contributed by atoms with Crippen molar-refractivity contribution in [2.75, 3.05) is 19.8 Å². The molecule has 0 spiro atoms. The molecule has 0 aliphatic carbocycles. The SMILES string of the molecule is CCN(C(=O)/C=C/N)C(=NC)SC. The fourth-order valence-corrected chi connectivity index (χ4v) is 1.50. The van der Waals surface area contributed by atoms with Crippen LogP contribution in [-0.4, -0.2) is 35.8 Å². The Bertz CT molecular complexity index is 225. The summed E-state index contributed by atoms with van der Waals surface area (Å²) in [6.07, 6.45) is 4.44. The summed E-state index contributed by atoms with van der Waals surface area (Å²) in [5.74, 6) is -0.139. The van der Waals surface area contributed by atoms with Crippen LogP contribution in [0.15, 0.2) is 17.3 Å². The number of hydrogen-bond donors (Lipinski definition) is 1. The highest BCUT2D eigenvalue weighted by atomic mass is 32.2. The van der Waals surface area contributed by atoms with Gasteiger partial charge in [0, 0.05) is 19.7 Å². The van der Waals surface area contributed by atoms with Crippen LogP contribution >= 0.6 is 11.8 Å². The number of likely N-dealkylation sites (N-methyl/N-ethyl adjacent to an activating group) is 1. The second-order valence-corrected chi connectivity index (χ2v) is 2.93. The van der Waals surface area contributed by atoms with Gasteiger partial charge in [-0.2, -0.15) is 0 Å². The van der Waals surface area contributed by atoms with E-state index in [2.05, 4.69) is 4.99 Å². The van der Waals surface area contributed by atoms with Gasteiger partial charge in [-0.05, 0) is 19.4 Å². The number of rotatable bonds is 2. The van der Waals surface area contributed by atoms with E-state index in [4.69, 9.17) is 5.73 Å². The first-order chi connectivity index (χ1) is 6.21. The second-order valence-electron chi connectivity index (χ2n) is 2.15. The largest absolute Gasteiger partial charge is 0.404 e. The minimum Gasteiger partial charge on any atom is -0.404 e. The molecule has 1 amide bonds. The van der Waals surface area contributed by atoms with Crippen molar-refractivity contribution in [2.45, 2.75) is 6.92 Å². The molecule has 0 fully saturated rings. The monoisotopic (exact) mass is 201 g/mol. The van der Waals surface area contributed by atoms with Crippen molar-refractivity contribution in [3.63, 3.8) is 0 Å². The van der Waals surface area contributed by atoms with Gasteiger partial charge in [0.05, 0.1) is 0 Å². The van der Waals surface area contributed by atoms with Crippen molar-refractivity contribution >= 4 is 22.8 Å². The van der Waals surface area contributed by atoms with Crippen LogP contribution in [0.1, 0.15) is 6.92 Å². The van der Waals surface area contributed by atoms with E-state index in [1.807, 2.05) is 13.2 Å². The number of thioether (sulfide) groups is 1. The first-order valence-corrected chi connectivity index (χ1v) is 5.14. The molecule has 5 heteroatoms. The maximum absolute atomic E-state index is 11.4. The third kappa shape index (κ3) is 3.50. The molecule has 0 aromatic carbocycles. The van der Waals surface area contributed by atoms with E-state index in [9.17, 15) is 4.79 Å². The molecular weight excluding hydrogens is 186 g/mol. The van der Waals surface area contributed by atoms with Crippen LogP contribution in [0, 0.1) is 0 Å². The van der Waals surface area contributed by atoms with Gasteiger partial charge in [0.25, 0.3) is 5.91 Å². The number of carbonyl (C=O) groups is 1. The average Bonchev–Trinajstić information content (AvgIpc) is 2.14. The zero-order chi connectivity index (χ0) is 10.3. The van der Waals surface area contributed by atoms with Gasteiger partial charge in [0.15, 0.2) is 5.17 Å². The Morgan fingerprint density at radius 1 is 1.69 bits per heavy atom. The van der Waals surface area contributed by atoms with Crippen LogP contribution in [0.25, 0.3) is 0 Å². The molecule has 0 aliphatic rings. The minimum absolute atomic E-state index is 0.139. The quantitative estimate of drug-likeness (QED) is 0.405. The van der Waals surface area contributed by atoms with E-state index in [1.54, 1.807) is 11.9 Å². The Kier molecular flexibility index (Phi) is 6.05. The van der Waals surface area contributed by atoms with E-state index in [0.29, 0.717) is 11.7 Å². The van der Waals surface area contributed by atoms with Gasteiger partial charge >= 0.3 is 0 Å². The fourth-order valence-electron chi connectivity index (χ4n) is 0.880. The summed E-state index contributed by atoms with van der Waals surface area (Å²) in [7, 11) is 1.66. The third-order valence-electron chi connectivity index (χ3n) is 1.43. The summed E-state index contributed by atoms with van der Waals surface area (Å²) in [5.41, 5.74) is 5.13. The number of nitrogens with zero attached hydrogens (tertiary/aromatic N) is 2. The lowest BCUT2D eigenvalue weighted by Gasteiger charge is -2.18. The molecule has 13 heavy (non-hydrogen) atoms. The summed E-state index contributed by atoms with van der Waals surface area (Å²) in [6.45, 7) is 2.49. The highest BCUT2D eigenvalue weighted by Gasteiger charge is 2.13. The third-order valence-corrected chi connectivity index (χ3v) is 2.19. The predicted molar refractivity (Wildman–Crippen MR) is 57.6 cm³/mol. The maximum Gasteiger partial charge on any atom is 0.253 e. The molecule has 2 N–H and O–H groups in total. The smallest absolute Gasteiger partial charge is 0.253 e. The molecule has 0 saturated carbocycles. The van der Waals surface area contributed by atoms with Gasteiger partial charge in [-0.25, -0.2) is 0 Å². The Hall–Kier alpha value is -0.970. The van der Waals surface area contributed by atoms with Crippen LogP contribution in [0.5, 0.6) is 0 Å². The number of hydrogen-bond acceptors (Lipinski definition) is 4. The van der Waals surface area contributed by atoms with Crippen molar-refractivity contribution in [1.29, 1.82) is 0 Å². The predicted octanol–water partition coefficient (Wildman–Crippen LogP) is 0.656. The maximum atomic E-state index is 11.4. The first-order valence-electron chi connectivity index (χ1n) is 3.91. The zero-order valence-electron chi connectivity index (χ0n) is 8.15. The Morgan fingerprint density at radius 3 is 2.62 bits per heavy atom. The molecule has 0 heterocycles. The highest BCUT2D eigenvalue weighted by Crippen LogP contribution is 2.05. The fraction of sp³-hybridized carbons (Fsp3) is 0.500. The van der Waals surface area contributed by atoms with Gasteiger partial charge in [0.2, 0.25) is 0 Å². The van der Waals surface area contributed by atoms with Crippen LogP contribution in [-0.2, 0) is 4.79 Å². The van der Waals surface area contributed by atoms with Gasteiger partial charge < -0.3 is 5.73 Å². The van der Waals surface area contributed by atoms with Crippen LogP contribution in [0.4, 0.5) is 0 Å². The summed E-state index contributed by atoms with van der Waals surface area (Å²) in [6, 6.07) is 0. The lowest BCUT2D eigenvalue weighted by Crippen LogP contribution is -2.33. The van der Waals surface area contributed by atoms with E-state index in [-0.39, 0.29) is 5.91 Å². The van der Waals surface area contributed by atoms with Crippen LogP contribution in [0.3, 0.4) is 0 Å². The Labute approximate surface area is 82.9 Å². The summed E-state index contributed by atoms with van der Waals surface area (Å²) < 4.78 is 0. The topological polar surface area (TPSA) is 58.7 Å². The molecular formula is C8H15N3OS. The standard InChI is InChI=1S/C8H15N3OS/c1-4-11(7(12)5-6-9)8(10-2)13-3/h5-6H,4,9H2,1-3H3/b6-5+,10-8?.